The molecule has 0 atom stereocenters. The SMILES string of the molecule is CCC(C)(C)Cn1nnnc1-c1ccc(Br)c(N)c1. The second-order valence-electron chi connectivity index (χ2n) is 5.41. The summed E-state index contributed by atoms with van der Waals surface area (Å²) in [7, 11) is 0. The first-order valence-corrected chi connectivity index (χ1v) is 7.04. The van der Waals surface area contributed by atoms with Crippen molar-refractivity contribution >= 4 is 21.6 Å². The van der Waals surface area contributed by atoms with Gasteiger partial charge in [-0.05, 0) is 56.4 Å². The molecule has 102 valence electrons. The molecule has 1 aromatic heterocycles. The van der Waals surface area contributed by atoms with Crippen LogP contribution in [0.15, 0.2) is 22.7 Å². The van der Waals surface area contributed by atoms with Gasteiger partial charge in [-0.25, -0.2) is 4.68 Å². The highest BCUT2D eigenvalue weighted by atomic mass is 79.9. The lowest BCUT2D eigenvalue weighted by molar-refractivity contribution is 0.279. The highest BCUT2D eigenvalue weighted by molar-refractivity contribution is 9.10. The average molecular weight is 324 g/mol. The second-order valence-corrected chi connectivity index (χ2v) is 6.27. The maximum absolute atomic E-state index is 5.91. The summed E-state index contributed by atoms with van der Waals surface area (Å²) in [6.45, 7) is 7.35. The van der Waals surface area contributed by atoms with Gasteiger partial charge in [-0.3, -0.25) is 0 Å². The maximum atomic E-state index is 5.91. The highest BCUT2D eigenvalue weighted by Gasteiger charge is 2.20. The fourth-order valence-electron chi connectivity index (χ4n) is 1.72. The van der Waals surface area contributed by atoms with E-state index in [2.05, 4.69) is 52.2 Å². The third-order valence-electron chi connectivity index (χ3n) is 3.32. The molecular formula is C13H18BrN5. The number of aromatic nitrogens is 4. The van der Waals surface area contributed by atoms with Crippen molar-refractivity contribution in [3.8, 4) is 11.4 Å². The zero-order chi connectivity index (χ0) is 14.0. The van der Waals surface area contributed by atoms with Crippen LogP contribution in [0.25, 0.3) is 11.4 Å². The van der Waals surface area contributed by atoms with Crippen LogP contribution < -0.4 is 5.73 Å². The number of hydrogen-bond donors (Lipinski definition) is 1. The average Bonchev–Trinajstić information content (AvgIpc) is 2.80. The molecule has 2 rings (SSSR count). The zero-order valence-corrected chi connectivity index (χ0v) is 13.0. The molecule has 0 amide bonds. The van der Waals surface area contributed by atoms with Crippen molar-refractivity contribution in [2.45, 2.75) is 33.7 Å². The predicted octanol–water partition coefficient (Wildman–Crippen LogP) is 3.12. The summed E-state index contributed by atoms with van der Waals surface area (Å²) in [5.41, 5.74) is 7.67. The lowest BCUT2D eigenvalue weighted by Crippen LogP contribution is -2.20. The molecule has 0 spiro atoms. The Kier molecular flexibility index (Phi) is 3.89. The largest absolute Gasteiger partial charge is 0.398 e. The molecule has 2 N–H and O–H groups in total. The number of nitrogens with two attached hydrogens (primary N) is 1. The van der Waals surface area contributed by atoms with E-state index in [-0.39, 0.29) is 5.41 Å². The van der Waals surface area contributed by atoms with Gasteiger partial charge >= 0.3 is 0 Å². The standard InChI is InChI=1S/C13H18BrN5/c1-4-13(2,3)8-19-12(16-17-18-19)9-5-6-10(14)11(15)7-9/h5-7H,4,8,15H2,1-3H3. The van der Waals surface area contributed by atoms with Crippen molar-refractivity contribution < 1.29 is 0 Å². The van der Waals surface area contributed by atoms with Crippen molar-refractivity contribution in [1.29, 1.82) is 0 Å². The summed E-state index contributed by atoms with van der Waals surface area (Å²) < 4.78 is 2.72. The van der Waals surface area contributed by atoms with Crippen molar-refractivity contribution in [2.75, 3.05) is 5.73 Å². The molecule has 19 heavy (non-hydrogen) atoms. The van der Waals surface area contributed by atoms with E-state index in [0.717, 1.165) is 28.8 Å². The minimum Gasteiger partial charge on any atom is -0.398 e. The molecule has 0 radical (unpaired) electrons. The van der Waals surface area contributed by atoms with E-state index in [9.17, 15) is 0 Å². The maximum Gasteiger partial charge on any atom is 0.182 e. The Balaban J connectivity index is 2.36. The number of halogens is 1. The minimum absolute atomic E-state index is 0.158. The van der Waals surface area contributed by atoms with Crippen LogP contribution in [0.4, 0.5) is 5.69 Å². The summed E-state index contributed by atoms with van der Waals surface area (Å²) >= 11 is 3.39. The van der Waals surface area contributed by atoms with Crippen molar-refractivity contribution in [2.24, 2.45) is 5.41 Å². The van der Waals surface area contributed by atoms with E-state index in [1.807, 2.05) is 22.9 Å². The quantitative estimate of drug-likeness (QED) is 0.877. The third kappa shape index (κ3) is 3.12. The third-order valence-corrected chi connectivity index (χ3v) is 4.04. The minimum atomic E-state index is 0.158. The molecule has 6 heteroatoms. The van der Waals surface area contributed by atoms with Crippen LogP contribution in [-0.2, 0) is 6.54 Å². The molecule has 0 aliphatic heterocycles. The summed E-state index contributed by atoms with van der Waals surface area (Å²) in [4.78, 5) is 0. The number of tetrazole rings is 1. The van der Waals surface area contributed by atoms with Crippen molar-refractivity contribution in [3.63, 3.8) is 0 Å². The summed E-state index contributed by atoms with van der Waals surface area (Å²) in [6, 6.07) is 5.75. The summed E-state index contributed by atoms with van der Waals surface area (Å²) in [5.74, 6) is 0.751. The Morgan fingerprint density at radius 3 is 2.74 bits per heavy atom. The smallest absolute Gasteiger partial charge is 0.182 e. The van der Waals surface area contributed by atoms with E-state index >= 15 is 0 Å². The molecule has 0 fully saturated rings. The monoisotopic (exact) mass is 323 g/mol. The zero-order valence-electron chi connectivity index (χ0n) is 11.4. The molecule has 1 aromatic carbocycles. The number of anilines is 1. The van der Waals surface area contributed by atoms with Crippen LogP contribution in [0.1, 0.15) is 27.2 Å². The first-order chi connectivity index (χ1) is 8.93. The Labute approximate surface area is 121 Å². The van der Waals surface area contributed by atoms with E-state index in [1.165, 1.54) is 0 Å². The van der Waals surface area contributed by atoms with Gasteiger partial charge in [-0.1, -0.05) is 20.8 Å². The van der Waals surface area contributed by atoms with Crippen LogP contribution in [0.3, 0.4) is 0 Å². The van der Waals surface area contributed by atoms with E-state index in [0.29, 0.717) is 5.69 Å². The summed E-state index contributed by atoms with van der Waals surface area (Å²) in [5, 5.41) is 12.0. The van der Waals surface area contributed by atoms with Crippen molar-refractivity contribution in [3.05, 3.63) is 22.7 Å². The molecule has 5 nitrogen and oxygen atoms in total. The van der Waals surface area contributed by atoms with Gasteiger partial charge < -0.3 is 5.73 Å². The van der Waals surface area contributed by atoms with Gasteiger partial charge in [0.05, 0.1) is 6.54 Å². The molecule has 0 saturated carbocycles. The van der Waals surface area contributed by atoms with Crippen molar-refractivity contribution in [1.82, 2.24) is 20.2 Å². The normalized spacial score (nSPS) is 11.8. The first kappa shape index (κ1) is 14.0. The van der Waals surface area contributed by atoms with E-state index in [1.54, 1.807) is 0 Å². The van der Waals surface area contributed by atoms with Gasteiger partial charge in [0.25, 0.3) is 0 Å². The van der Waals surface area contributed by atoms with E-state index < -0.39 is 0 Å². The molecule has 0 aliphatic carbocycles. The molecule has 0 saturated heterocycles. The molecular weight excluding hydrogens is 306 g/mol. The lowest BCUT2D eigenvalue weighted by Gasteiger charge is -2.22. The Bertz CT molecular complexity index is 576. The number of hydrogen-bond acceptors (Lipinski definition) is 4. The van der Waals surface area contributed by atoms with Gasteiger partial charge in [-0.2, -0.15) is 0 Å². The molecule has 0 aliphatic rings. The second kappa shape index (κ2) is 5.28. The molecule has 0 unspecified atom stereocenters. The van der Waals surface area contributed by atoms with Gasteiger partial charge in [0.2, 0.25) is 0 Å². The highest BCUT2D eigenvalue weighted by Crippen LogP contribution is 2.28. The number of nitrogens with zero attached hydrogens (tertiary/aromatic N) is 4. The van der Waals surface area contributed by atoms with E-state index in [4.69, 9.17) is 5.73 Å². The number of nitrogen functional groups attached to an aromatic ring is 1. The van der Waals surface area contributed by atoms with Crippen LogP contribution in [0.5, 0.6) is 0 Å². The molecule has 2 aromatic rings. The Hall–Kier alpha value is -1.43. The lowest BCUT2D eigenvalue weighted by atomic mass is 9.90. The topological polar surface area (TPSA) is 69.6 Å². The molecule has 0 bridgehead atoms. The van der Waals surface area contributed by atoms with Gasteiger partial charge in [-0.15, -0.1) is 5.10 Å². The van der Waals surface area contributed by atoms with Gasteiger partial charge in [0.15, 0.2) is 5.82 Å². The molecule has 1 heterocycles. The Morgan fingerprint density at radius 1 is 1.37 bits per heavy atom. The fraction of sp³-hybridized carbons (Fsp3) is 0.462. The number of benzene rings is 1. The van der Waals surface area contributed by atoms with Gasteiger partial charge in [0.1, 0.15) is 0 Å². The number of rotatable bonds is 4. The fourth-order valence-corrected chi connectivity index (χ4v) is 1.96. The summed E-state index contributed by atoms with van der Waals surface area (Å²) in [6.07, 6.45) is 1.06. The first-order valence-electron chi connectivity index (χ1n) is 6.24. The van der Waals surface area contributed by atoms with Gasteiger partial charge in [0, 0.05) is 15.7 Å². The van der Waals surface area contributed by atoms with Crippen LogP contribution in [0, 0.1) is 5.41 Å². The van der Waals surface area contributed by atoms with Crippen LogP contribution >= 0.6 is 15.9 Å². The van der Waals surface area contributed by atoms with Crippen LogP contribution in [0.2, 0.25) is 0 Å². The predicted molar refractivity (Wildman–Crippen MR) is 79.4 cm³/mol. The Morgan fingerprint density at radius 2 is 2.11 bits per heavy atom. The van der Waals surface area contributed by atoms with Crippen LogP contribution in [-0.4, -0.2) is 20.2 Å².